The van der Waals surface area contributed by atoms with Crippen molar-refractivity contribution in [3.05, 3.63) is 64.9 Å². The van der Waals surface area contributed by atoms with Crippen molar-refractivity contribution in [3.63, 3.8) is 0 Å². The lowest BCUT2D eigenvalue weighted by Crippen LogP contribution is -2.36. The largest absolute Gasteiger partial charge is 0.354 e. The summed E-state index contributed by atoms with van der Waals surface area (Å²) < 4.78 is 0. The zero-order valence-electron chi connectivity index (χ0n) is 14.3. The Morgan fingerprint density at radius 1 is 1.20 bits per heavy atom. The standard InChI is InChI=1S/C20H24ClN3O/c21-18-8-6-17(7-9-18)19(24-12-1-2-13-24)15-23-20(25)10-5-16-4-3-11-22-14-16/h3-4,6-9,11,14,19H,1-2,5,10,12-13,15H2,(H,23,25)/t19-/m0/s1. The summed E-state index contributed by atoms with van der Waals surface area (Å²) in [5.41, 5.74) is 2.30. The number of amides is 1. The second-order valence-electron chi connectivity index (χ2n) is 6.48. The molecule has 1 aromatic carbocycles. The molecule has 1 N–H and O–H groups in total. The predicted octanol–water partition coefficient (Wildman–Crippen LogP) is 3.62. The van der Waals surface area contributed by atoms with E-state index in [1.165, 1.54) is 18.4 Å². The first-order valence-corrected chi connectivity index (χ1v) is 9.25. The third kappa shape index (κ3) is 5.28. The zero-order chi connectivity index (χ0) is 17.5. The first-order valence-electron chi connectivity index (χ1n) is 8.87. The molecule has 1 fully saturated rings. The number of rotatable bonds is 7. The number of nitrogens with zero attached hydrogens (tertiary/aromatic N) is 2. The molecule has 0 unspecified atom stereocenters. The monoisotopic (exact) mass is 357 g/mol. The Morgan fingerprint density at radius 3 is 2.64 bits per heavy atom. The zero-order valence-corrected chi connectivity index (χ0v) is 15.1. The second-order valence-corrected chi connectivity index (χ2v) is 6.91. The molecule has 0 bridgehead atoms. The van der Waals surface area contributed by atoms with Crippen molar-refractivity contribution in [2.75, 3.05) is 19.6 Å². The van der Waals surface area contributed by atoms with Crippen molar-refractivity contribution in [2.24, 2.45) is 0 Å². The summed E-state index contributed by atoms with van der Waals surface area (Å²) in [6.45, 7) is 2.80. The van der Waals surface area contributed by atoms with E-state index in [9.17, 15) is 4.79 Å². The van der Waals surface area contributed by atoms with Gasteiger partial charge in [-0.15, -0.1) is 0 Å². The molecule has 1 aromatic heterocycles. The van der Waals surface area contributed by atoms with Gasteiger partial charge in [-0.25, -0.2) is 0 Å². The number of hydrogen-bond donors (Lipinski definition) is 1. The van der Waals surface area contributed by atoms with Crippen LogP contribution in [0.4, 0.5) is 0 Å². The lowest BCUT2D eigenvalue weighted by Gasteiger charge is -2.28. The number of aryl methyl sites for hydroxylation is 1. The van der Waals surface area contributed by atoms with E-state index in [1.807, 2.05) is 30.5 Å². The summed E-state index contributed by atoms with van der Waals surface area (Å²) in [7, 11) is 0. The number of likely N-dealkylation sites (tertiary alicyclic amines) is 1. The minimum Gasteiger partial charge on any atom is -0.354 e. The molecule has 1 aliphatic rings. The molecule has 132 valence electrons. The first kappa shape index (κ1) is 17.9. The number of pyridine rings is 1. The van der Waals surface area contributed by atoms with Crippen molar-refractivity contribution in [1.82, 2.24) is 15.2 Å². The molecule has 0 spiro atoms. The molecule has 0 saturated carbocycles. The summed E-state index contributed by atoms with van der Waals surface area (Å²) in [5.74, 6) is 0.0852. The average Bonchev–Trinajstić information content (AvgIpc) is 3.17. The van der Waals surface area contributed by atoms with Gasteiger partial charge < -0.3 is 5.32 Å². The Hall–Kier alpha value is -1.91. The van der Waals surface area contributed by atoms with E-state index in [4.69, 9.17) is 11.6 Å². The molecule has 5 heteroatoms. The number of carbonyl (C=O) groups excluding carboxylic acids is 1. The molecule has 25 heavy (non-hydrogen) atoms. The quantitative estimate of drug-likeness (QED) is 0.823. The maximum Gasteiger partial charge on any atom is 0.220 e. The topological polar surface area (TPSA) is 45.2 Å². The molecular weight excluding hydrogens is 334 g/mol. The van der Waals surface area contributed by atoms with Crippen LogP contribution in [0.5, 0.6) is 0 Å². The molecule has 4 nitrogen and oxygen atoms in total. The van der Waals surface area contributed by atoms with Crippen LogP contribution >= 0.6 is 11.6 Å². The van der Waals surface area contributed by atoms with Crippen molar-refractivity contribution >= 4 is 17.5 Å². The Labute approximate surface area is 154 Å². The lowest BCUT2D eigenvalue weighted by atomic mass is 10.1. The Balaban J connectivity index is 1.56. The van der Waals surface area contributed by atoms with Crippen LogP contribution in [0.1, 0.15) is 36.4 Å². The molecule has 3 rings (SSSR count). The molecule has 1 saturated heterocycles. The summed E-state index contributed by atoms with van der Waals surface area (Å²) >= 11 is 6.01. The smallest absolute Gasteiger partial charge is 0.220 e. The van der Waals surface area contributed by atoms with Crippen LogP contribution in [-0.2, 0) is 11.2 Å². The molecule has 2 heterocycles. The number of halogens is 1. The number of benzene rings is 1. The van der Waals surface area contributed by atoms with E-state index in [0.29, 0.717) is 13.0 Å². The van der Waals surface area contributed by atoms with Gasteiger partial charge in [0.05, 0.1) is 6.04 Å². The number of nitrogens with one attached hydrogen (secondary N) is 1. The number of carbonyl (C=O) groups is 1. The van der Waals surface area contributed by atoms with Crippen molar-refractivity contribution in [3.8, 4) is 0 Å². The highest BCUT2D eigenvalue weighted by atomic mass is 35.5. The third-order valence-corrected chi connectivity index (χ3v) is 4.94. The molecule has 1 atom stereocenters. The van der Waals surface area contributed by atoms with Gasteiger partial charge >= 0.3 is 0 Å². The first-order chi connectivity index (χ1) is 12.2. The van der Waals surface area contributed by atoms with Gasteiger partial charge in [-0.3, -0.25) is 14.7 Å². The molecule has 1 amide bonds. The summed E-state index contributed by atoms with van der Waals surface area (Å²) in [5, 5.41) is 3.85. The fourth-order valence-corrected chi connectivity index (χ4v) is 3.42. The molecule has 0 aliphatic carbocycles. The maximum absolute atomic E-state index is 12.2. The van der Waals surface area contributed by atoms with Crippen LogP contribution in [0.2, 0.25) is 5.02 Å². The van der Waals surface area contributed by atoms with Gasteiger partial charge in [-0.1, -0.05) is 29.8 Å². The van der Waals surface area contributed by atoms with Gasteiger partial charge in [0, 0.05) is 30.4 Å². The minimum absolute atomic E-state index is 0.0852. The highest BCUT2D eigenvalue weighted by Crippen LogP contribution is 2.25. The normalized spacial score (nSPS) is 15.9. The molecular formula is C20H24ClN3O. The summed E-state index contributed by atoms with van der Waals surface area (Å²) in [4.78, 5) is 18.8. The minimum atomic E-state index is 0.0852. The van der Waals surface area contributed by atoms with E-state index in [-0.39, 0.29) is 11.9 Å². The Kier molecular flexibility index (Phi) is 6.42. The summed E-state index contributed by atoms with van der Waals surface area (Å²) in [6, 6.07) is 12.1. The van der Waals surface area contributed by atoms with E-state index < -0.39 is 0 Å². The fraction of sp³-hybridized carbons (Fsp3) is 0.400. The average molecular weight is 358 g/mol. The molecule has 1 aliphatic heterocycles. The third-order valence-electron chi connectivity index (χ3n) is 4.69. The highest BCUT2D eigenvalue weighted by Gasteiger charge is 2.23. The van der Waals surface area contributed by atoms with Crippen molar-refractivity contribution < 1.29 is 4.79 Å². The highest BCUT2D eigenvalue weighted by molar-refractivity contribution is 6.30. The van der Waals surface area contributed by atoms with Crippen molar-refractivity contribution in [2.45, 2.75) is 31.7 Å². The number of hydrogen-bond acceptors (Lipinski definition) is 3. The van der Waals surface area contributed by atoms with E-state index >= 15 is 0 Å². The van der Waals surface area contributed by atoms with Crippen LogP contribution < -0.4 is 5.32 Å². The van der Waals surface area contributed by atoms with Crippen LogP contribution in [0.15, 0.2) is 48.8 Å². The molecule has 0 radical (unpaired) electrons. The van der Waals surface area contributed by atoms with Crippen LogP contribution in [0, 0.1) is 0 Å². The maximum atomic E-state index is 12.2. The van der Waals surface area contributed by atoms with Gasteiger partial charge in [0.25, 0.3) is 0 Å². The van der Waals surface area contributed by atoms with Gasteiger partial charge in [-0.05, 0) is 61.7 Å². The SMILES string of the molecule is O=C(CCc1cccnc1)NC[C@@H](c1ccc(Cl)cc1)N1CCCC1. The van der Waals surface area contributed by atoms with E-state index in [2.05, 4.69) is 27.3 Å². The van der Waals surface area contributed by atoms with E-state index in [0.717, 1.165) is 30.1 Å². The van der Waals surface area contributed by atoms with Crippen LogP contribution in [0.25, 0.3) is 0 Å². The Morgan fingerprint density at radius 2 is 1.96 bits per heavy atom. The van der Waals surface area contributed by atoms with Gasteiger partial charge in [0.1, 0.15) is 0 Å². The second kappa shape index (κ2) is 8.97. The van der Waals surface area contributed by atoms with Crippen LogP contribution in [-0.4, -0.2) is 35.4 Å². The molecule has 2 aromatic rings. The predicted molar refractivity (Wildman–Crippen MR) is 101 cm³/mol. The van der Waals surface area contributed by atoms with Gasteiger partial charge in [0.15, 0.2) is 0 Å². The van der Waals surface area contributed by atoms with Gasteiger partial charge in [-0.2, -0.15) is 0 Å². The lowest BCUT2D eigenvalue weighted by molar-refractivity contribution is -0.121. The van der Waals surface area contributed by atoms with Crippen LogP contribution in [0.3, 0.4) is 0 Å². The van der Waals surface area contributed by atoms with Gasteiger partial charge in [0.2, 0.25) is 5.91 Å². The Bertz CT molecular complexity index is 669. The fourth-order valence-electron chi connectivity index (χ4n) is 3.30. The summed E-state index contributed by atoms with van der Waals surface area (Å²) in [6.07, 6.45) is 7.20. The van der Waals surface area contributed by atoms with Crippen molar-refractivity contribution in [1.29, 1.82) is 0 Å². The van der Waals surface area contributed by atoms with E-state index in [1.54, 1.807) is 6.20 Å². The number of aromatic nitrogens is 1.